The van der Waals surface area contributed by atoms with Crippen LogP contribution in [0.5, 0.6) is 0 Å². The molecular formula is C15H17NO8S. The number of thioether (sulfide) groups is 1. The second kappa shape index (κ2) is 6.70. The van der Waals surface area contributed by atoms with E-state index in [1.54, 1.807) is 0 Å². The molecule has 1 aromatic heterocycles. The van der Waals surface area contributed by atoms with Gasteiger partial charge in [-0.25, -0.2) is 9.59 Å². The molecule has 1 aromatic rings. The summed E-state index contributed by atoms with van der Waals surface area (Å²) >= 11 is 1.30. The lowest BCUT2D eigenvalue weighted by atomic mass is 9.92. The molecule has 1 amide bonds. The minimum atomic E-state index is -0.878. The molecule has 136 valence electrons. The third-order valence-electron chi connectivity index (χ3n) is 4.01. The quantitative estimate of drug-likeness (QED) is 0.558. The maximum atomic E-state index is 12.5. The summed E-state index contributed by atoms with van der Waals surface area (Å²) in [6.07, 6.45) is -0.816. The minimum absolute atomic E-state index is 0.0993. The lowest BCUT2D eigenvalue weighted by Gasteiger charge is -2.43. The van der Waals surface area contributed by atoms with Gasteiger partial charge in [0.15, 0.2) is 18.1 Å². The van der Waals surface area contributed by atoms with Crippen molar-refractivity contribution in [2.24, 2.45) is 5.92 Å². The van der Waals surface area contributed by atoms with Gasteiger partial charge >= 0.3 is 11.8 Å². The van der Waals surface area contributed by atoms with Crippen molar-refractivity contribution in [2.45, 2.75) is 31.9 Å². The summed E-state index contributed by atoms with van der Waals surface area (Å²) in [6.45, 7) is 2.90. The maximum Gasteiger partial charge on any atom is 0.519 e. The first-order valence-electron chi connectivity index (χ1n) is 7.51. The molecule has 25 heavy (non-hydrogen) atoms. The van der Waals surface area contributed by atoms with Crippen molar-refractivity contribution in [1.29, 1.82) is 0 Å². The van der Waals surface area contributed by atoms with E-state index in [4.69, 9.17) is 18.3 Å². The molecule has 1 saturated heterocycles. The number of β-lactam (4-membered cyclic amide) rings is 1. The summed E-state index contributed by atoms with van der Waals surface area (Å²) in [5.41, 5.74) is 0.0993. The van der Waals surface area contributed by atoms with Gasteiger partial charge in [0.2, 0.25) is 5.91 Å². The molecule has 0 saturated carbocycles. The first-order chi connectivity index (χ1) is 11.8. The van der Waals surface area contributed by atoms with Crippen LogP contribution in [-0.2, 0) is 25.7 Å². The smallest absolute Gasteiger partial charge is 0.453 e. The molecule has 3 atom stereocenters. The summed E-state index contributed by atoms with van der Waals surface area (Å²) < 4.78 is 19.7. The van der Waals surface area contributed by atoms with Crippen molar-refractivity contribution in [3.05, 3.63) is 32.7 Å². The Hall–Kier alpha value is -2.04. The van der Waals surface area contributed by atoms with Crippen LogP contribution in [-0.4, -0.2) is 47.1 Å². The van der Waals surface area contributed by atoms with Crippen LogP contribution in [0.2, 0.25) is 0 Å². The SMILES string of the molecule is COCC1=C(C(=O)OCc2oc(=O)oc2C)N2C(=O)[C@H]([C@@H](C)O)C2S1. The number of rotatable bonds is 6. The third-order valence-corrected chi connectivity index (χ3v) is 5.35. The van der Waals surface area contributed by atoms with Crippen molar-refractivity contribution >= 4 is 23.6 Å². The van der Waals surface area contributed by atoms with E-state index >= 15 is 0 Å². The number of carbonyl (C=O) groups excluding carboxylic acids is 2. The molecule has 0 aromatic carbocycles. The molecular weight excluding hydrogens is 354 g/mol. The number of methoxy groups -OCH3 is 1. The van der Waals surface area contributed by atoms with Gasteiger partial charge < -0.3 is 23.4 Å². The van der Waals surface area contributed by atoms with Gasteiger partial charge in [0.05, 0.1) is 18.6 Å². The van der Waals surface area contributed by atoms with E-state index in [9.17, 15) is 19.5 Å². The molecule has 1 unspecified atom stereocenters. The highest BCUT2D eigenvalue weighted by Gasteiger charge is 2.57. The monoisotopic (exact) mass is 371 g/mol. The number of ether oxygens (including phenoxy) is 2. The van der Waals surface area contributed by atoms with Crippen molar-refractivity contribution < 1.29 is 33.0 Å². The maximum absolute atomic E-state index is 12.5. The Kier molecular flexibility index (Phi) is 4.76. The molecule has 9 nitrogen and oxygen atoms in total. The fourth-order valence-electron chi connectivity index (χ4n) is 2.78. The van der Waals surface area contributed by atoms with Gasteiger partial charge in [-0.05, 0) is 13.8 Å². The fraction of sp³-hybridized carbons (Fsp3) is 0.533. The highest BCUT2D eigenvalue weighted by molar-refractivity contribution is 8.04. The highest BCUT2D eigenvalue weighted by atomic mass is 32.2. The van der Waals surface area contributed by atoms with E-state index in [0.717, 1.165) is 0 Å². The van der Waals surface area contributed by atoms with Gasteiger partial charge in [-0.1, -0.05) is 11.8 Å². The molecule has 0 spiro atoms. The summed E-state index contributed by atoms with van der Waals surface area (Å²) in [6, 6.07) is 0. The van der Waals surface area contributed by atoms with Gasteiger partial charge in [-0.2, -0.15) is 0 Å². The zero-order valence-corrected chi connectivity index (χ0v) is 14.6. The third kappa shape index (κ3) is 3.00. The van der Waals surface area contributed by atoms with Crippen LogP contribution in [0.4, 0.5) is 0 Å². The number of hydrogen-bond donors (Lipinski definition) is 1. The second-order valence-electron chi connectivity index (χ2n) is 5.70. The van der Waals surface area contributed by atoms with Gasteiger partial charge in [0.1, 0.15) is 11.1 Å². The second-order valence-corrected chi connectivity index (χ2v) is 6.91. The lowest BCUT2D eigenvalue weighted by Crippen LogP contribution is -2.60. The molecule has 0 aliphatic carbocycles. The molecule has 2 aliphatic rings. The van der Waals surface area contributed by atoms with Crippen LogP contribution in [0.3, 0.4) is 0 Å². The Morgan fingerprint density at radius 2 is 2.08 bits per heavy atom. The van der Waals surface area contributed by atoms with Crippen molar-refractivity contribution in [2.75, 3.05) is 13.7 Å². The molecule has 1 fully saturated rings. The Labute approximate surface area is 146 Å². The normalized spacial score (nSPS) is 23.5. The number of aliphatic hydroxyl groups excluding tert-OH is 1. The fourth-order valence-corrected chi connectivity index (χ4v) is 4.36. The number of fused-ring (bicyclic) bond motifs is 1. The van der Waals surface area contributed by atoms with Gasteiger partial charge in [0, 0.05) is 12.0 Å². The van der Waals surface area contributed by atoms with E-state index in [1.807, 2.05) is 0 Å². The summed E-state index contributed by atoms with van der Waals surface area (Å²) in [5, 5.41) is 9.38. The van der Waals surface area contributed by atoms with Gasteiger partial charge in [-0.15, -0.1) is 0 Å². The lowest BCUT2D eigenvalue weighted by molar-refractivity contribution is -0.158. The minimum Gasteiger partial charge on any atom is -0.453 e. The van der Waals surface area contributed by atoms with Crippen molar-refractivity contribution in [3.8, 4) is 0 Å². The van der Waals surface area contributed by atoms with Crippen LogP contribution in [0.15, 0.2) is 24.2 Å². The average molecular weight is 371 g/mol. The Balaban J connectivity index is 1.77. The Morgan fingerprint density at radius 3 is 2.64 bits per heavy atom. The van der Waals surface area contributed by atoms with E-state index in [-0.39, 0.29) is 41.7 Å². The zero-order valence-electron chi connectivity index (χ0n) is 13.8. The largest absolute Gasteiger partial charge is 0.519 e. The number of hydrogen-bond acceptors (Lipinski definition) is 9. The summed E-state index contributed by atoms with van der Waals surface area (Å²) in [5.74, 6) is -2.20. The molecule has 3 rings (SSSR count). The number of nitrogens with zero attached hydrogens (tertiary/aromatic N) is 1. The number of carbonyl (C=O) groups is 2. The highest BCUT2D eigenvalue weighted by Crippen LogP contribution is 2.50. The van der Waals surface area contributed by atoms with E-state index in [2.05, 4.69) is 0 Å². The number of esters is 1. The average Bonchev–Trinajstić information content (AvgIpc) is 3.02. The van der Waals surface area contributed by atoms with Crippen LogP contribution in [0.25, 0.3) is 0 Å². The first kappa shape index (κ1) is 17.8. The topological polar surface area (TPSA) is 119 Å². The first-order valence-corrected chi connectivity index (χ1v) is 8.39. The summed E-state index contributed by atoms with van der Waals surface area (Å²) in [4.78, 5) is 37.6. The Bertz CT molecular complexity index is 792. The van der Waals surface area contributed by atoms with E-state index in [0.29, 0.717) is 4.91 Å². The zero-order chi connectivity index (χ0) is 18.3. The van der Waals surface area contributed by atoms with Crippen molar-refractivity contribution in [1.82, 2.24) is 4.90 Å². The predicted octanol–water partition coefficient (Wildman–Crippen LogP) is 0.355. The Morgan fingerprint density at radius 1 is 1.36 bits per heavy atom. The van der Waals surface area contributed by atoms with Crippen LogP contribution >= 0.6 is 11.8 Å². The standard InChI is InChI=1S/C15H17NO8S/c1-6(17)10-12(18)16-11(9(5-21-3)25-13(10)16)14(19)22-4-8-7(2)23-15(20)24-8/h6,10,13,17H,4-5H2,1-3H3/t6-,10+,13?/m1/s1. The predicted molar refractivity (Wildman–Crippen MR) is 84.1 cm³/mol. The summed E-state index contributed by atoms with van der Waals surface area (Å²) in [7, 11) is 1.48. The molecule has 0 radical (unpaired) electrons. The molecule has 3 heterocycles. The van der Waals surface area contributed by atoms with Gasteiger partial charge in [-0.3, -0.25) is 9.69 Å². The van der Waals surface area contributed by atoms with Gasteiger partial charge in [0.25, 0.3) is 0 Å². The number of amides is 1. The van der Waals surface area contributed by atoms with Crippen molar-refractivity contribution in [3.63, 3.8) is 0 Å². The molecule has 0 bridgehead atoms. The van der Waals surface area contributed by atoms with Crippen LogP contribution in [0, 0.1) is 12.8 Å². The molecule has 1 N–H and O–H groups in total. The van der Waals surface area contributed by atoms with E-state index < -0.39 is 23.8 Å². The number of aliphatic hydroxyl groups is 1. The van der Waals surface area contributed by atoms with E-state index in [1.165, 1.54) is 37.6 Å². The molecule has 10 heteroatoms. The van der Waals surface area contributed by atoms with Crippen LogP contribution < -0.4 is 5.82 Å². The molecule has 2 aliphatic heterocycles. The van der Waals surface area contributed by atoms with Crippen LogP contribution in [0.1, 0.15) is 18.4 Å². The number of aryl methyl sites for hydroxylation is 1.